The quantitative estimate of drug-likeness (QED) is 0.0556. The van der Waals surface area contributed by atoms with E-state index in [2.05, 4.69) is 43.8 Å². The summed E-state index contributed by atoms with van der Waals surface area (Å²) >= 11 is 9.40. The molecule has 0 radical (unpaired) electrons. The van der Waals surface area contributed by atoms with Crippen molar-refractivity contribution in [3.63, 3.8) is 0 Å². The summed E-state index contributed by atoms with van der Waals surface area (Å²) < 4.78 is 7.05. The van der Waals surface area contributed by atoms with Gasteiger partial charge in [-0.2, -0.15) is 0 Å². The fourth-order valence-corrected chi connectivity index (χ4v) is 4.93. The second-order valence-electron chi connectivity index (χ2n) is 10.8. The molecule has 0 spiro atoms. The molecule has 0 atom stereocenters. The summed E-state index contributed by atoms with van der Waals surface area (Å²) in [4.78, 5) is 63.9. The number of carbonyl (C=O) groups excluding carboxylic acids is 5. The molecule has 0 unspecified atom stereocenters. The Morgan fingerprint density at radius 2 is 1.21 bits per heavy atom. The summed E-state index contributed by atoms with van der Waals surface area (Å²) in [6, 6.07) is 5.89. The standard InChI is InChI=1S/C30H33BrClN11O5/c1-16(31)26(44)36-19-10-24(41(4)14-19)30(48)43(32)20-11-23(42(5)15-20)29(47)38-18-9-22(40(3)13-18)28(46)37-17-8-21(39(2)12-17)27(45)35-7-6-25(33)34/h8-15H,1,6-7H2,2-5H3,(H3,33,34)(H,35,45)(H,36,44)(H,37,46)(H,38,47). The zero-order chi connectivity index (χ0) is 35.4. The molecule has 7 N–H and O–H groups in total. The zero-order valence-electron chi connectivity index (χ0n) is 26.4. The van der Waals surface area contributed by atoms with E-state index in [1.165, 1.54) is 44.2 Å². The molecule has 18 heteroatoms. The molecule has 0 aliphatic heterocycles. The molecule has 0 aliphatic carbocycles. The maximum atomic E-state index is 13.2. The topological polar surface area (TPSA) is 206 Å². The van der Waals surface area contributed by atoms with Crippen molar-refractivity contribution in [1.29, 1.82) is 5.41 Å². The Kier molecular flexibility index (Phi) is 10.6. The Bertz CT molecular complexity index is 1970. The number of nitrogens with two attached hydrogens (primary N) is 1. The first kappa shape index (κ1) is 35.3. The lowest BCUT2D eigenvalue weighted by Crippen LogP contribution is -2.28. The molecule has 5 amide bonds. The van der Waals surface area contributed by atoms with Gasteiger partial charge in [-0.05, 0) is 40.2 Å². The third-order valence-electron chi connectivity index (χ3n) is 7.03. The minimum absolute atomic E-state index is 0.0409. The van der Waals surface area contributed by atoms with Gasteiger partial charge in [-0.25, -0.2) is 4.42 Å². The van der Waals surface area contributed by atoms with Gasteiger partial charge in [0.2, 0.25) is 0 Å². The largest absolute Gasteiger partial charge is 0.388 e. The highest BCUT2D eigenvalue weighted by Crippen LogP contribution is 2.25. The number of rotatable bonds is 12. The number of anilines is 4. The molecule has 16 nitrogen and oxygen atoms in total. The van der Waals surface area contributed by atoms with E-state index < -0.39 is 23.6 Å². The molecule has 4 aromatic rings. The maximum Gasteiger partial charge on any atom is 0.289 e. The van der Waals surface area contributed by atoms with Crippen LogP contribution >= 0.6 is 27.7 Å². The Balaban J connectivity index is 1.42. The molecule has 4 aromatic heterocycles. The fourth-order valence-electron chi connectivity index (χ4n) is 4.65. The van der Waals surface area contributed by atoms with Crippen LogP contribution in [0.15, 0.2) is 60.1 Å². The summed E-state index contributed by atoms with van der Waals surface area (Å²) in [6.45, 7) is 3.72. The van der Waals surface area contributed by atoms with E-state index in [4.69, 9.17) is 22.9 Å². The molecule has 0 aromatic carbocycles. The van der Waals surface area contributed by atoms with Gasteiger partial charge in [0.25, 0.3) is 29.5 Å². The van der Waals surface area contributed by atoms with Gasteiger partial charge in [0, 0.05) is 77.7 Å². The van der Waals surface area contributed by atoms with Crippen LogP contribution in [0, 0.1) is 5.41 Å². The number of amidine groups is 1. The van der Waals surface area contributed by atoms with Gasteiger partial charge in [0.15, 0.2) is 0 Å². The molecule has 0 aliphatic rings. The van der Waals surface area contributed by atoms with Crippen molar-refractivity contribution in [2.75, 3.05) is 26.9 Å². The van der Waals surface area contributed by atoms with Gasteiger partial charge < -0.3 is 45.3 Å². The lowest BCUT2D eigenvalue weighted by molar-refractivity contribution is -0.112. The average Bonchev–Trinajstić information content (AvgIpc) is 3.77. The predicted octanol–water partition coefficient (Wildman–Crippen LogP) is 3.25. The van der Waals surface area contributed by atoms with Gasteiger partial charge >= 0.3 is 0 Å². The van der Waals surface area contributed by atoms with Crippen molar-refractivity contribution in [3.8, 4) is 0 Å². The van der Waals surface area contributed by atoms with Crippen molar-refractivity contribution in [1.82, 2.24) is 23.6 Å². The van der Waals surface area contributed by atoms with Crippen molar-refractivity contribution >= 4 is 85.8 Å². The summed E-state index contributed by atoms with van der Waals surface area (Å²) in [6.07, 6.45) is 6.40. The van der Waals surface area contributed by atoms with E-state index in [1.54, 1.807) is 51.3 Å². The highest BCUT2D eigenvalue weighted by Gasteiger charge is 2.24. The molecule has 4 heterocycles. The summed E-state index contributed by atoms with van der Waals surface area (Å²) in [5, 5.41) is 18.0. The molecule has 48 heavy (non-hydrogen) atoms. The number of amides is 5. The van der Waals surface area contributed by atoms with Gasteiger partial charge in [0.05, 0.1) is 33.1 Å². The predicted molar refractivity (Wildman–Crippen MR) is 186 cm³/mol. The number of hydrogen-bond donors (Lipinski definition) is 6. The number of aryl methyl sites for hydroxylation is 4. The van der Waals surface area contributed by atoms with Gasteiger partial charge in [-0.1, -0.05) is 6.58 Å². The monoisotopic (exact) mass is 741 g/mol. The highest BCUT2D eigenvalue weighted by atomic mass is 79.9. The van der Waals surface area contributed by atoms with E-state index in [0.29, 0.717) is 22.8 Å². The van der Waals surface area contributed by atoms with Crippen LogP contribution in [0.2, 0.25) is 0 Å². The minimum Gasteiger partial charge on any atom is -0.388 e. The van der Waals surface area contributed by atoms with Gasteiger partial charge in [0.1, 0.15) is 22.8 Å². The number of aromatic nitrogens is 4. The minimum atomic E-state index is -0.604. The summed E-state index contributed by atoms with van der Waals surface area (Å²) in [7, 11) is 6.52. The summed E-state index contributed by atoms with van der Waals surface area (Å²) in [5.74, 6) is -2.51. The Labute approximate surface area is 288 Å². The molecule has 4 rings (SSSR count). The number of halogens is 2. The van der Waals surface area contributed by atoms with Crippen molar-refractivity contribution in [2.24, 2.45) is 33.9 Å². The fraction of sp³-hybridized carbons (Fsp3) is 0.200. The smallest absolute Gasteiger partial charge is 0.289 e. The molecular weight excluding hydrogens is 710 g/mol. The molecule has 0 fully saturated rings. The Morgan fingerprint density at radius 1 is 0.771 bits per heavy atom. The van der Waals surface area contributed by atoms with E-state index >= 15 is 0 Å². The number of hydrogen-bond acceptors (Lipinski definition) is 6. The van der Waals surface area contributed by atoms with Crippen LogP contribution in [0.4, 0.5) is 22.7 Å². The van der Waals surface area contributed by atoms with E-state index in [1.807, 2.05) is 0 Å². The van der Waals surface area contributed by atoms with Crippen LogP contribution in [0.1, 0.15) is 48.4 Å². The third-order valence-corrected chi connectivity index (χ3v) is 7.74. The van der Waals surface area contributed by atoms with Crippen LogP contribution in [-0.4, -0.2) is 60.2 Å². The van der Waals surface area contributed by atoms with Gasteiger partial charge in [-0.15, -0.1) is 0 Å². The van der Waals surface area contributed by atoms with Crippen LogP contribution in [0.3, 0.4) is 0 Å². The molecule has 0 bridgehead atoms. The second kappa shape index (κ2) is 14.5. The summed E-state index contributed by atoms with van der Waals surface area (Å²) in [5.41, 5.74) is 7.48. The highest BCUT2D eigenvalue weighted by molar-refractivity contribution is 9.12. The number of nitrogens with zero attached hydrogens (tertiary/aromatic N) is 5. The van der Waals surface area contributed by atoms with E-state index in [-0.39, 0.29) is 52.0 Å². The SMILES string of the molecule is C=C(Br)C(=O)Nc1cc(C(=O)N(Cl)c2cc(C(=O)Nc3cc(C(=O)Nc4cc(C(=O)NCCC(=N)N)n(C)c4)n(C)c3)n(C)c2)n(C)c1. The first-order valence-corrected chi connectivity index (χ1v) is 15.2. The zero-order valence-corrected chi connectivity index (χ0v) is 28.7. The lowest BCUT2D eigenvalue weighted by Gasteiger charge is -2.12. The maximum absolute atomic E-state index is 13.2. The molecular formula is C30H33BrClN11O5. The molecule has 252 valence electrons. The van der Waals surface area contributed by atoms with Gasteiger partial charge in [-0.3, -0.25) is 29.4 Å². The van der Waals surface area contributed by atoms with Crippen LogP contribution in [0.25, 0.3) is 0 Å². The first-order chi connectivity index (χ1) is 22.5. The van der Waals surface area contributed by atoms with Crippen LogP contribution in [-0.2, 0) is 33.0 Å². The van der Waals surface area contributed by atoms with Crippen LogP contribution < -0.4 is 31.4 Å². The van der Waals surface area contributed by atoms with E-state index in [0.717, 1.165) is 4.42 Å². The van der Waals surface area contributed by atoms with Crippen LogP contribution in [0.5, 0.6) is 0 Å². The Morgan fingerprint density at radius 3 is 1.73 bits per heavy atom. The lowest BCUT2D eigenvalue weighted by atomic mass is 10.3. The second-order valence-corrected chi connectivity index (χ2v) is 12.0. The van der Waals surface area contributed by atoms with Crippen molar-refractivity contribution in [3.05, 3.63) is 82.9 Å². The first-order valence-electron chi connectivity index (χ1n) is 14.1. The molecule has 0 saturated heterocycles. The number of carbonyl (C=O) groups is 5. The molecule has 0 saturated carbocycles. The van der Waals surface area contributed by atoms with Crippen molar-refractivity contribution in [2.45, 2.75) is 6.42 Å². The Hall–Kier alpha value is -5.55. The van der Waals surface area contributed by atoms with E-state index in [9.17, 15) is 24.0 Å². The normalized spacial score (nSPS) is 10.7. The number of nitrogens with one attached hydrogen (secondary N) is 5. The third kappa shape index (κ3) is 8.05. The average molecular weight is 743 g/mol. The van der Waals surface area contributed by atoms with Crippen molar-refractivity contribution < 1.29 is 24.0 Å².